The molecule has 1 aromatic carbocycles. The lowest BCUT2D eigenvalue weighted by atomic mass is 9.63. The van der Waals surface area contributed by atoms with Gasteiger partial charge in [-0.25, -0.2) is 4.79 Å². The molecule has 2 aromatic rings. The van der Waals surface area contributed by atoms with Crippen LogP contribution in [0.4, 0.5) is 4.79 Å². The molecule has 1 amide bonds. The third kappa shape index (κ3) is 3.57. The van der Waals surface area contributed by atoms with E-state index >= 15 is 0 Å². The fraction of sp³-hybridized carbons (Fsp3) is 0.368. The van der Waals surface area contributed by atoms with Gasteiger partial charge >= 0.3 is 6.09 Å². The van der Waals surface area contributed by atoms with E-state index in [1.54, 1.807) is 12.4 Å². The largest absolute Gasteiger partial charge is 0.445 e. The third-order valence-electron chi connectivity index (χ3n) is 4.79. The summed E-state index contributed by atoms with van der Waals surface area (Å²) in [6.45, 7) is 0.265. The standard InChI is InChI=1S/C19H22N2O3/c22-14-19(9-4-10-19)17(16-7-11-20-12-8-16)21-18(23)24-13-15-5-2-1-3-6-15/h1-3,5-8,11-12,17,22H,4,9-10,13-14H2,(H,21,23). The maximum atomic E-state index is 12.3. The summed E-state index contributed by atoms with van der Waals surface area (Å²) in [7, 11) is 0. The number of rotatable bonds is 6. The van der Waals surface area contributed by atoms with Crippen molar-refractivity contribution < 1.29 is 14.6 Å². The van der Waals surface area contributed by atoms with Crippen LogP contribution in [0.3, 0.4) is 0 Å². The molecule has 0 radical (unpaired) electrons. The molecule has 0 aliphatic heterocycles. The number of hydrogen-bond donors (Lipinski definition) is 2. The Morgan fingerprint density at radius 2 is 1.92 bits per heavy atom. The van der Waals surface area contributed by atoms with Gasteiger partial charge in [-0.2, -0.15) is 0 Å². The number of aromatic nitrogens is 1. The fourth-order valence-corrected chi connectivity index (χ4v) is 3.20. The normalized spacial score (nSPS) is 16.7. The Morgan fingerprint density at radius 1 is 1.21 bits per heavy atom. The van der Waals surface area contributed by atoms with E-state index in [1.807, 2.05) is 42.5 Å². The lowest BCUT2D eigenvalue weighted by Crippen LogP contribution is -2.47. The van der Waals surface area contributed by atoms with Crippen LogP contribution in [-0.2, 0) is 11.3 Å². The number of aliphatic hydroxyl groups is 1. The molecule has 5 heteroatoms. The third-order valence-corrected chi connectivity index (χ3v) is 4.79. The molecule has 2 N–H and O–H groups in total. The van der Waals surface area contributed by atoms with Gasteiger partial charge in [-0.3, -0.25) is 4.98 Å². The second kappa shape index (κ2) is 7.45. The van der Waals surface area contributed by atoms with Gasteiger partial charge in [-0.05, 0) is 36.1 Å². The van der Waals surface area contributed by atoms with Gasteiger partial charge in [0.25, 0.3) is 0 Å². The number of hydrogen-bond acceptors (Lipinski definition) is 4. The lowest BCUT2D eigenvalue weighted by Gasteiger charge is -2.46. The van der Waals surface area contributed by atoms with Gasteiger partial charge in [0.15, 0.2) is 0 Å². The average molecular weight is 326 g/mol. The van der Waals surface area contributed by atoms with Crippen LogP contribution in [0.2, 0.25) is 0 Å². The zero-order chi connectivity index (χ0) is 16.8. The van der Waals surface area contributed by atoms with Crippen molar-refractivity contribution in [1.82, 2.24) is 10.3 Å². The van der Waals surface area contributed by atoms with Crippen molar-refractivity contribution in [2.75, 3.05) is 6.61 Å². The molecule has 126 valence electrons. The number of carbonyl (C=O) groups is 1. The molecule has 1 aromatic heterocycles. The number of benzene rings is 1. The predicted octanol–water partition coefficient (Wildman–Crippen LogP) is 3.21. The summed E-state index contributed by atoms with van der Waals surface area (Å²) in [6, 6.07) is 13.0. The maximum Gasteiger partial charge on any atom is 0.407 e. The molecule has 1 atom stereocenters. The number of ether oxygens (including phenoxy) is 1. The SMILES string of the molecule is O=C(NC(c1ccncc1)C1(CO)CCC1)OCc1ccccc1. The van der Waals surface area contributed by atoms with Crippen molar-refractivity contribution in [3.63, 3.8) is 0 Å². The van der Waals surface area contributed by atoms with Gasteiger partial charge in [-0.1, -0.05) is 36.8 Å². The first-order chi connectivity index (χ1) is 11.7. The van der Waals surface area contributed by atoms with Gasteiger partial charge in [0.2, 0.25) is 0 Å². The summed E-state index contributed by atoms with van der Waals surface area (Å²) in [5.74, 6) is 0. The average Bonchev–Trinajstić information content (AvgIpc) is 2.60. The number of alkyl carbamates (subject to hydrolysis) is 1. The zero-order valence-electron chi connectivity index (χ0n) is 13.5. The number of nitrogens with one attached hydrogen (secondary N) is 1. The van der Waals surface area contributed by atoms with Crippen LogP contribution in [0, 0.1) is 5.41 Å². The van der Waals surface area contributed by atoms with Crippen molar-refractivity contribution in [3.05, 3.63) is 66.0 Å². The van der Waals surface area contributed by atoms with Crippen molar-refractivity contribution in [2.45, 2.75) is 31.9 Å². The van der Waals surface area contributed by atoms with Crippen molar-refractivity contribution in [2.24, 2.45) is 5.41 Å². The molecule has 1 unspecified atom stereocenters. The minimum absolute atomic E-state index is 0.0406. The summed E-state index contributed by atoms with van der Waals surface area (Å²) in [4.78, 5) is 16.3. The van der Waals surface area contributed by atoms with Crippen molar-refractivity contribution in [1.29, 1.82) is 0 Å². The van der Waals surface area contributed by atoms with Crippen LogP contribution in [0.1, 0.15) is 36.4 Å². The van der Waals surface area contributed by atoms with Gasteiger partial charge < -0.3 is 15.2 Å². The van der Waals surface area contributed by atoms with Crippen LogP contribution in [0.25, 0.3) is 0 Å². The molecule has 5 nitrogen and oxygen atoms in total. The number of carbonyl (C=O) groups excluding carboxylic acids is 1. The van der Waals surface area contributed by atoms with Crippen molar-refractivity contribution in [3.8, 4) is 0 Å². The van der Waals surface area contributed by atoms with E-state index in [-0.39, 0.29) is 24.7 Å². The molecule has 1 aliphatic rings. The number of aliphatic hydroxyl groups excluding tert-OH is 1. The minimum Gasteiger partial charge on any atom is -0.445 e. The highest BCUT2D eigenvalue weighted by Crippen LogP contribution is 2.49. The molecule has 24 heavy (non-hydrogen) atoms. The number of pyridine rings is 1. The molecular weight excluding hydrogens is 304 g/mol. The monoisotopic (exact) mass is 326 g/mol. The Bertz CT molecular complexity index is 651. The van der Waals surface area contributed by atoms with Crippen LogP contribution < -0.4 is 5.32 Å². The maximum absolute atomic E-state index is 12.3. The first kappa shape index (κ1) is 16.5. The number of amides is 1. The Kier molecular flexibility index (Phi) is 5.11. The topological polar surface area (TPSA) is 71.5 Å². The van der Waals surface area contributed by atoms with Gasteiger partial charge in [0.05, 0.1) is 12.6 Å². The van der Waals surface area contributed by atoms with Crippen molar-refractivity contribution >= 4 is 6.09 Å². The molecule has 1 heterocycles. The van der Waals surface area contributed by atoms with Crippen LogP contribution in [0.5, 0.6) is 0 Å². The Labute approximate surface area is 141 Å². The van der Waals surface area contributed by atoms with Gasteiger partial charge in [0, 0.05) is 17.8 Å². The summed E-state index contributed by atoms with van der Waals surface area (Å²) in [6.07, 6.45) is 5.75. The van der Waals surface area contributed by atoms with Gasteiger partial charge in [-0.15, -0.1) is 0 Å². The van der Waals surface area contributed by atoms with E-state index < -0.39 is 6.09 Å². The molecule has 1 fully saturated rings. The molecule has 0 spiro atoms. The zero-order valence-corrected chi connectivity index (χ0v) is 13.5. The Morgan fingerprint density at radius 3 is 2.50 bits per heavy atom. The second-order valence-corrected chi connectivity index (χ2v) is 6.29. The Balaban J connectivity index is 1.69. The first-order valence-corrected chi connectivity index (χ1v) is 8.21. The molecule has 1 aliphatic carbocycles. The van der Waals surface area contributed by atoms with E-state index in [1.165, 1.54) is 0 Å². The van der Waals surface area contributed by atoms with Gasteiger partial charge in [0.1, 0.15) is 6.61 Å². The highest BCUT2D eigenvalue weighted by molar-refractivity contribution is 5.68. The lowest BCUT2D eigenvalue weighted by molar-refractivity contribution is 0.00410. The summed E-state index contributed by atoms with van der Waals surface area (Å²) < 4.78 is 5.34. The fourth-order valence-electron chi connectivity index (χ4n) is 3.20. The van der Waals surface area contributed by atoms with E-state index in [0.717, 1.165) is 30.4 Å². The quantitative estimate of drug-likeness (QED) is 0.855. The highest BCUT2D eigenvalue weighted by Gasteiger charge is 2.45. The molecular formula is C19H22N2O3. The number of nitrogens with zero attached hydrogens (tertiary/aromatic N) is 1. The smallest absolute Gasteiger partial charge is 0.407 e. The summed E-state index contributed by atoms with van der Waals surface area (Å²) in [5, 5.41) is 12.8. The highest BCUT2D eigenvalue weighted by atomic mass is 16.5. The van der Waals surface area contributed by atoms with E-state index in [0.29, 0.717) is 0 Å². The molecule has 3 rings (SSSR count). The van der Waals surface area contributed by atoms with Crippen LogP contribution in [0.15, 0.2) is 54.9 Å². The summed E-state index contributed by atoms with van der Waals surface area (Å²) in [5.41, 5.74) is 1.57. The Hall–Kier alpha value is -2.40. The molecule has 0 bridgehead atoms. The second-order valence-electron chi connectivity index (χ2n) is 6.29. The first-order valence-electron chi connectivity index (χ1n) is 8.21. The van der Waals surface area contributed by atoms with Crippen LogP contribution in [-0.4, -0.2) is 22.8 Å². The van der Waals surface area contributed by atoms with E-state index in [9.17, 15) is 9.90 Å². The van der Waals surface area contributed by atoms with E-state index in [4.69, 9.17) is 4.74 Å². The van der Waals surface area contributed by atoms with E-state index in [2.05, 4.69) is 10.3 Å². The minimum atomic E-state index is -0.472. The summed E-state index contributed by atoms with van der Waals surface area (Å²) >= 11 is 0. The van der Waals surface area contributed by atoms with Crippen LogP contribution >= 0.6 is 0 Å². The predicted molar refractivity (Wildman–Crippen MR) is 90.1 cm³/mol. The molecule has 1 saturated carbocycles. The molecule has 0 saturated heterocycles.